The molecule has 0 fully saturated rings. The number of nitrogens with one attached hydrogen (secondary N) is 2. The van der Waals surface area contributed by atoms with Crippen molar-refractivity contribution < 1.29 is 9.59 Å². The van der Waals surface area contributed by atoms with Gasteiger partial charge in [-0.1, -0.05) is 49.4 Å². The molecular weight excluding hydrogens is 350 g/mol. The Labute approximate surface area is 168 Å². The predicted octanol–water partition coefficient (Wildman–Crippen LogP) is 4.89. The number of anilines is 1. The summed E-state index contributed by atoms with van der Waals surface area (Å²) in [6.45, 7) is 8.36. The Morgan fingerprint density at radius 3 is 2.39 bits per heavy atom. The molecule has 0 aromatic heterocycles. The van der Waals surface area contributed by atoms with Crippen LogP contribution in [0.15, 0.2) is 54.6 Å². The minimum absolute atomic E-state index is 0.0455. The second-order valence-corrected chi connectivity index (χ2v) is 7.20. The van der Waals surface area contributed by atoms with Gasteiger partial charge in [0.1, 0.15) is 0 Å². The summed E-state index contributed by atoms with van der Waals surface area (Å²) in [6, 6.07) is 17.4. The molecule has 0 saturated heterocycles. The molecule has 28 heavy (non-hydrogen) atoms. The summed E-state index contributed by atoms with van der Waals surface area (Å²) in [6.07, 6.45) is 1.09. The monoisotopic (exact) mass is 381 g/mol. The molecule has 0 spiro atoms. The first-order valence-electron chi connectivity index (χ1n) is 9.89. The van der Waals surface area contributed by atoms with E-state index in [9.17, 15) is 9.59 Å². The van der Waals surface area contributed by atoms with Crippen molar-refractivity contribution in [2.24, 2.45) is 0 Å². The highest BCUT2D eigenvalue weighted by molar-refractivity contribution is 5.90. The molecule has 5 nitrogen and oxygen atoms in total. The summed E-state index contributed by atoms with van der Waals surface area (Å²) in [7, 11) is 0. The first-order valence-corrected chi connectivity index (χ1v) is 9.89. The Morgan fingerprint density at radius 1 is 1.04 bits per heavy atom. The summed E-state index contributed by atoms with van der Waals surface area (Å²) in [4.78, 5) is 26.9. The third-order valence-electron chi connectivity index (χ3n) is 4.91. The van der Waals surface area contributed by atoms with Crippen molar-refractivity contribution in [1.29, 1.82) is 0 Å². The summed E-state index contributed by atoms with van der Waals surface area (Å²) in [5.74, 6) is -0.0620. The van der Waals surface area contributed by atoms with Crippen LogP contribution in [0.5, 0.6) is 0 Å². The molecule has 2 aromatic rings. The van der Waals surface area contributed by atoms with Crippen molar-refractivity contribution in [2.75, 3.05) is 11.9 Å². The maximum absolute atomic E-state index is 12.8. The molecule has 2 rings (SSSR count). The number of rotatable bonds is 8. The van der Waals surface area contributed by atoms with Gasteiger partial charge in [-0.2, -0.15) is 0 Å². The largest absolute Gasteiger partial charge is 0.350 e. The Hall–Kier alpha value is -2.82. The van der Waals surface area contributed by atoms with Crippen molar-refractivity contribution in [3.05, 3.63) is 65.7 Å². The Bertz CT molecular complexity index is 776. The van der Waals surface area contributed by atoms with Gasteiger partial charge in [0.25, 0.3) is 0 Å². The molecule has 0 radical (unpaired) electrons. The number of nitrogens with zero attached hydrogens (tertiary/aromatic N) is 1. The SMILES string of the molecule is CCC(C)N(CCC(=O)NC(C)c1ccccc1)C(=O)Nc1cccc(C)c1. The fraction of sp³-hybridized carbons (Fsp3) is 0.391. The van der Waals surface area contributed by atoms with E-state index in [4.69, 9.17) is 0 Å². The maximum atomic E-state index is 12.8. The lowest BCUT2D eigenvalue weighted by atomic mass is 10.1. The predicted molar refractivity (Wildman–Crippen MR) is 114 cm³/mol. The third kappa shape index (κ3) is 6.41. The van der Waals surface area contributed by atoms with Gasteiger partial charge in [-0.15, -0.1) is 0 Å². The Morgan fingerprint density at radius 2 is 1.75 bits per heavy atom. The molecule has 2 unspecified atom stereocenters. The van der Waals surface area contributed by atoms with Gasteiger partial charge in [0.2, 0.25) is 5.91 Å². The fourth-order valence-corrected chi connectivity index (χ4v) is 3.02. The summed E-state index contributed by atoms with van der Waals surface area (Å²) >= 11 is 0. The molecule has 0 aliphatic heterocycles. The van der Waals surface area contributed by atoms with E-state index in [2.05, 4.69) is 10.6 Å². The van der Waals surface area contributed by atoms with Crippen molar-refractivity contribution >= 4 is 17.6 Å². The minimum Gasteiger partial charge on any atom is -0.350 e. The lowest BCUT2D eigenvalue weighted by Gasteiger charge is -2.29. The highest BCUT2D eigenvalue weighted by Crippen LogP contribution is 2.14. The van der Waals surface area contributed by atoms with E-state index in [1.807, 2.05) is 82.3 Å². The Balaban J connectivity index is 1.94. The summed E-state index contributed by atoms with van der Waals surface area (Å²) in [5.41, 5.74) is 2.91. The number of amides is 3. The zero-order chi connectivity index (χ0) is 20.5. The van der Waals surface area contributed by atoms with Crippen molar-refractivity contribution in [1.82, 2.24) is 10.2 Å². The van der Waals surface area contributed by atoms with Gasteiger partial charge in [-0.25, -0.2) is 4.79 Å². The van der Waals surface area contributed by atoms with E-state index in [1.165, 1.54) is 0 Å². The highest BCUT2D eigenvalue weighted by atomic mass is 16.2. The number of urea groups is 1. The number of benzene rings is 2. The molecule has 0 saturated carbocycles. The molecule has 0 aliphatic carbocycles. The smallest absolute Gasteiger partial charge is 0.322 e. The van der Waals surface area contributed by atoms with Crippen LogP contribution in [0, 0.1) is 6.92 Å². The topological polar surface area (TPSA) is 61.4 Å². The van der Waals surface area contributed by atoms with Crippen LogP contribution in [-0.2, 0) is 4.79 Å². The van der Waals surface area contributed by atoms with Gasteiger partial charge < -0.3 is 15.5 Å². The summed E-state index contributed by atoms with van der Waals surface area (Å²) < 4.78 is 0. The third-order valence-corrected chi connectivity index (χ3v) is 4.91. The fourth-order valence-electron chi connectivity index (χ4n) is 3.02. The van der Waals surface area contributed by atoms with E-state index in [0.717, 1.165) is 23.2 Å². The first kappa shape index (κ1) is 21.5. The zero-order valence-corrected chi connectivity index (χ0v) is 17.2. The number of carbonyl (C=O) groups is 2. The second kappa shape index (κ2) is 10.5. The van der Waals surface area contributed by atoms with Crippen LogP contribution in [0.25, 0.3) is 0 Å². The van der Waals surface area contributed by atoms with E-state index < -0.39 is 0 Å². The van der Waals surface area contributed by atoms with Crippen molar-refractivity contribution in [3.63, 3.8) is 0 Å². The minimum atomic E-state index is -0.177. The van der Waals surface area contributed by atoms with Gasteiger partial charge in [-0.3, -0.25) is 4.79 Å². The quantitative estimate of drug-likeness (QED) is 0.683. The van der Waals surface area contributed by atoms with E-state index >= 15 is 0 Å². The molecule has 2 aromatic carbocycles. The molecule has 5 heteroatoms. The average Bonchev–Trinajstić information content (AvgIpc) is 2.68. The lowest BCUT2D eigenvalue weighted by Crippen LogP contribution is -2.43. The van der Waals surface area contributed by atoms with Crippen LogP contribution in [0.4, 0.5) is 10.5 Å². The van der Waals surface area contributed by atoms with Gasteiger partial charge in [0.15, 0.2) is 0 Å². The molecule has 0 aliphatic rings. The number of hydrogen-bond acceptors (Lipinski definition) is 2. The molecule has 2 N–H and O–H groups in total. The molecule has 0 bridgehead atoms. The van der Waals surface area contributed by atoms with Crippen LogP contribution in [0.2, 0.25) is 0 Å². The van der Waals surface area contributed by atoms with E-state index in [1.54, 1.807) is 4.90 Å². The molecule has 2 atom stereocenters. The highest BCUT2D eigenvalue weighted by Gasteiger charge is 2.20. The van der Waals surface area contributed by atoms with Gasteiger partial charge in [0.05, 0.1) is 6.04 Å². The number of aryl methyl sites for hydroxylation is 1. The van der Waals surface area contributed by atoms with Crippen LogP contribution in [0.3, 0.4) is 0 Å². The van der Waals surface area contributed by atoms with E-state index in [-0.39, 0.29) is 30.4 Å². The van der Waals surface area contributed by atoms with Gasteiger partial charge >= 0.3 is 6.03 Å². The van der Waals surface area contributed by atoms with E-state index in [0.29, 0.717) is 6.54 Å². The maximum Gasteiger partial charge on any atom is 0.322 e. The summed E-state index contributed by atoms with van der Waals surface area (Å²) in [5, 5.41) is 5.95. The standard InChI is InChI=1S/C23H31N3O2/c1-5-18(3)26(23(28)25-21-13-9-10-17(2)16-21)15-14-22(27)24-19(4)20-11-7-6-8-12-20/h6-13,16,18-19H,5,14-15H2,1-4H3,(H,24,27)(H,25,28). The zero-order valence-electron chi connectivity index (χ0n) is 17.2. The van der Waals surface area contributed by atoms with Gasteiger partial charge in [-0.05, 0) is 50.5 Å². The Kier molecular flexibility index (Phi) is 8.05. The average molecular weight is 382 g/mol. The molecular formula is C23H31N3O2. The van der Waals surface area contributed by atoms with Crippen molar-refractivity contribution in [3.8, 4) is 0 Å². The molecule has 3 amide bonds. The van der Waals surface area contributed by atoms with Crippen LogP contribution in [-0.4, -0.2) is 29.4 Å². The molecule has 150 valence electrons. The van der Waals surface area contributed by atoms with Crippen LogP contribution in [0.1, 0.15) is 50.8 Å². The number of carbonyl (C=O) groups excluding carboxylic acids is 2. The van der Waals surface area contributed by atoms with Crippen molar-refractivity contribution in [2.45, 2.75) is 52.6 Å². The normalized spacial score (nSPS) is 12.7. The van der Waals surface area contributed by atoms with Crippen LogP contribution < -0.4 is 10.6 Å². The van der Waals surface area contributed by atoms with Crippen LogP contribution >= 0.6 is 0 Å². The first-order chi connectivity index (χ1) is 13.4. The lowest BCUT2D eigenvalue weighted by molar-refractivity contribution is -0.122. The second-order valence-electron chi connectivity index (χ2n) is 7.20. The molecule has 0 heterocycles. The van der Waals surface area contributed by atoms with Gasteiger partial charge in [0, 0.05) is 24.7 Å². The number of hydrogen-bond donors (Lipinski definition) is 2.